The van der Waals surface area contributed by atoms with Crippen molar-refractivity contribution in [2.45, 2.75) is 43.8 Å². The molecule has 0 aromatic carbocycles. The van der Waals surface area contributed by atoms with Gasteiger partial charge in [0.05, 0.1) is 6.61 Å². The fourth-order valence-corrected chi connectivity index (χ4v) is 4.74. The van der Waals surface area contributed by atoms with Crippen molar-refractivity contribution in [2.75, 3.05) is 6.61 Å². The van der Waals surface area contributed by atoms with Crippen molar-refractivity contribution in [2.24, 2.45) is 29.6 Å². The number of hydrogen-bond donors (Lipinski definition) is 2. The van der Waals surface area contributed by atoms with Crippen LogP contribution in [0.4, 0.5) is 22.0 Å². The summed E-state index contributed by atoms with van der Waals surface area (Å²) in [7, 11) is 0. The molecule has 0 aromatic heterocycles. The van der Waals surface area contributed by atoms with Crippen LogP contribution in [0.5, 0.6) is 0 Å². The lowest BCUT2D eigenvalue weighted by Gasteiger charge is -2.56. The quantitative estimate of drug-likeness (QED) is 0.674. The second kappa shape index (κ2) is 3.89. The summed E-state index contributed by atoms with van der Waals surface area (Å²) < 4.78 is 71.9. The first kappa shape index (κ1) is 15.4. The van der Waals surface area contributed by atoms with Gasteiger partial charge >= 0.3 is 17.9 Å². The van der Waals surface area contributed by atoms with Crippen LogP contribution in [0.2, 0.25) is 0 Å². The molecule has 8 heteroatoms. The van der Waals surface area contributed by atoms with Gasteiger partial charge in [-0.25, -0.2) is 0 Å². The molecule has 7 unspecified atom stereocenters. The molecule has 0 amide bonds. The summed E-state index contributed by atoms with van der Waals surface area (Å²) in [6.45, 7) is 2.78. The summed E-state index contributed by atoms with van der Waals surface area (Å²) in [6.07, 6.45) is -5.45. The Labute approximate surface area is 118 Å². The average Bonchev–Trinajstić information content (AvgIpc) is 2.80. The highest BCUT2D eigenvalue weighted by Gasteiger charge is 2.86. The van der Waals surface area contributed by atoms with Gasteiger partial charge in [0.2, 0.25) is 0 Å². The highest BCUT2D eigenvalue weighted by molar-refractivity contribution is 5.22. The van der Waals surface area contributed by atoms with Gasteiger partial charge in [-0.3, -0.25) is 0 Å². The van der Waals surface area contributed by atoms with Gasteiger partial charge in [0.25, 0.3) is 0 Å². The first-order chi connectivity index (χ1) is 9.39. The second-order valence-corrected chi connectivity index (χ2v) is 6.68. The summed E-state index contributed by atoms with van der Waals surface area (Å²) in [5.41, 5.74) is -2.88. The molecule has 3 rings (SSSR count). The van der Waals surface area contributed by atoms with Crippen LogP contribution >= 0.6 is 0 Å². The van der Waals surface area contributed by atoms with Crippen molar-refractivity contribution < 1.29 is 36.9 Å². The number of alkyl halides is 5. The highest BCUT2D eigenvalue weighted by atomic mass is 19.4. The summed E-state index contributed by atoms with van der Waals surface area (Å²) in [5.74, 6) is -12.2. The molecule has 2 aliphatic carbocycles. The van der Waals surface area contributed by atoms with Gasteiger partial charge in [0.15, 0.2) is 0 Å². The molecule has 122 valence electrons. The molecule has 0 radical (unpaired) electrons. The molecular weight excluding hydrogens is 299 g/mol. The number of ether oxygens (including phenoxy) is 1. The highest BCUT2D eigenvalue weighted by Crippen LogP contribution is 2.68. The lowest BCUT2D eigenvalue weighted by Crippen LogP contribution is -2.77. The van der Waals surface area contributed by atoms with E-state index in [0.29, 0.717) is 0 Å². The van der Waals surface area contributed by atoms with E-state index < -0.39 is 41.9 Å². The summed E-state index contributed by atoms with van der Waals surface area (Å²) in [4.78, 5) is 0. The zero-order valence-corrected chi connectivity index (χ0v) is 11.5. The van der Waals surface area contributed by atoms with Gasteiger partial charge in [-0.15, -0.1) is 0 Å². The van der Waals surface area contributed by atoms with Crippen molar-refractivity contribution in [1.29, 1.82) is 0 Å². The standard InChI is InChI=1S/C13H17F5O3/c1-5-6(2)8-3-7(5)9-4-21-12(20,13(16,17)18)11(14,15)10(8,9)19/h5-9,19-20H,3-4H2,1-2H3. The third-order valence-corrected chi connectivity index (χ3v) is 6.10. The van der Waals surface area contributed by atoms with Crippen molar-refractivity contribution >= 4 is 0 Å². The van der Waals surface area contributed by atoms with Gasteiger partial charge < -0.3 is 14.9 Å². The molecule has 3 nitrogen and oxygen atoms in total. The van der Waals surface area contributed by atoms with Crippen LogP contribution < -0.4 is 0 Å². The second-order valence-electron chi connectivity index (χ2n) is 6.68. The van der Waals surface area contributed by atoms with E-state index in [4.69, 9.17) is 0 Å². The van der Waals surface area contributed by atoms with E-state index in [9.17, 15) is 32.2 Å². The molecule has 2 saturated carbocycles. The lowest BCUT2D eigenvalue weighted by molar-refractivity contribution is -0.486. The van der Waals surface area contributed by atoms with Crippen LogP contribution in [0.25, 0.3) is 0 Å². The molecule has 1 saturated heterocycles. The predicted octanol–water partition coefficient (Wildman–Crippen LogP) is 2.17. The molecule has 1 heterocycles. The summed E-state index contributed by atoms with van der Waals surface area (Å²) in [6, 6.07) is 0. The third kappa shape index (κ3) is 1.44. The first-order valence-corrected chi connectivity index (χ1v) is 6.93. The zero-order valence-electron chi connectivity index (χ0n) is 11.5. The maximum Gasteiger partial charge on any atom is 0.449 e. The number of aliphatic hydroxyl groups is 2. The fourth-order valence-electron chi connectivity index (χ4n) is 4.74. The topological polar surface area (TPSA) is 49.7 Å². The van der Waals surface area contributed by atoms with E-state index >= 15 is 0 Å². The largest absolute Gasteiger partial charge is 0.449 e. The smallest absolute Gasteiger partial charge is 0.383 e. The molecule has 1 aliphatic heterocycles. The monoisotopic (exact) mass is 316 g/mol. The molecule has 0 spiro atoms. The van der Waals surface area contributed by atoms with Crippen LogP contribution in [0.1, 0.15) is 20.3 Å². The Bertz CT molecular complexity index is 463. The maximum absolute atomic E-state index is 14.5. The maximum atomic E-state index is 14.5. The Hall–Kier alpha value is -0.470. The number of rotatable bonds is 0. The summed E-state index contributed by atoms with van der Waals surface area (Å²) >= 11 is 0. The van der Waals surface area contributed by atoms with E-state index in [2.05, 4.69) is 4.74 Å². The van der Waals surface area contributed by atoms with E-state index in [1.807, 2.05) is 6.92 Å². The third-order valence-electron chi connectivity index (χ3n) is 6.10. The molecule has 0 aromatic rings. The number of halogens is 5. The molecule has 3 fully saturated rings. The lowest BCUT2D eigenvalue weighted by atomic mass is 9.62. The average molecular weight is 316 g/mol. The molecule has 2 N–H and O–H groups in total. The van der Waals surface area contributed by atoms with E-state index in [1.165, 1.54) is 0 Å². The van der Waals surface area contributed by atoms with Gasteiger partial charge in [-0.2, -0.15) is 22.0 Å². The van der Waals surface area contributed by atoms with Gasteiger partial charge in [0.1, 0.15) is 5.60 Å². The van der Waals surface area contributed by atoms with Gasteiger partial charge in [-0.1, -0.05) is 13.8 Å². The Morgan fingerprint density at radius 1 is 1.05 bits per heavy atom. The van der Waals surface area contributed by atoms with Crippen LogP contribution in [0, 0.1) is 29.6 Å². The minimum absolute atomic E-state index is 0.0248. The predicted molar refractivity (Wildman–Crippen MR) is 60.3 cm³/mol. The normalized spacial score (nSPS) is 55.6. The Morgan fingerprint density at radius 3 is 2.14 bits per heavy atom. The van der Waals surface area contributed by atoms with Crippen LogP contribution in [-0.4, -0.2) is 40.3 Å². The van der Waals surface area contributed by atoms with E-state index in [0.717, 1.165) is 0 Å². The molecular formula is C13H17F5O3. The number of hydrogen-bond acceptors (Lipinski definition) is 3. The van der Waals surface area contributed by atoms with Gasteiger partial charge in [-0.05, 0) is 30.1 Å². The van der Waals surface area contributed by atoms with Gasteiger partial charge in [0, 0.05) is 5.92 Å². The molecule has 2 bridgehead atoms. The molecule has 7 atom stereocenters. The molecule has 21 heavy (non-hydrogen) atoms. The minimum atomic E-state index is -5.69. The van der Waals surface area contributed by atoms with Crippen LogP contribution in [0.15, 0.2) is 0 Å². The van der Waals surface area contributed by atoms with Crippen molar-refractivity contribution in [3.05, 3.63) is 0 Å². The van der Waals surface area contributed by atoms with E-state index in [-0.39, 0.29) is 24.2 Å². The van der Waals surface area contributed by atoms with Crippen molar-refractivity contribution in [3.63, 3.8) is 0 Å². The van der Waals surface area contributed by atoms with Crippen LogP contribution in [0.3, 0.4) is 0 Å². The fraction of sp³-hybridized carbons (Fsp3) is 1.00. The Morgan fingerprint density at radius 2 is 1.62 bits per heavy atom. The Kier molecular flexibility index (Phi) is 2.86. The van der Waals surface area contributed by atoms with Crippen molar-refractivity contribution in [1.82, 2.24) is 0 Å². The SMILES string of the molecule is CC1C(C)C2CC1C1COC(O)(C(F)(F)F)C(F)(F)C21O. The Balaban J connectivity index is 2.10. The van der Waals surface area contributed by atoms with Crippen LogP contribution in [-0.2, 0) is 4.74 Å². The molecule has 3 aliphatic rings. The first-order valence-electron chi connectivity index (χ1n) is 6.93. The number of fused-ring (bicyclic) bond motifs is 5. The van der Waals surface area contributed by atoms with E-state index in [1.54, 1.807) is 6.92 Å². The minimum Gasteiger partial charge on any atom is -0.383 e. The zero-order chi connectivity index (χ0) is 16.0. The van der Waals surface area contributed by atoms with Crippen molar-refractivity contribution in [3.8, 4) is 0 Å². The summed E-state index contributed by atoms with van der Waals surface area (Å²) in [5, 5.41) is 20.0.